The van der Waals surface area contributed by atoms with Crippen LogP contribution in [0.15, 0.2) is 35.7 Å². The lowest BCUT2D eigenvalue weighted by atomic mass is 9.88. The quantitative estimate of drug-likeness (QED) is 0.749. The Hall–Kier alpha value is -1.52. The molecule has 0 saturated heterocycles. The van der Waals surface area contributed by atoms with E-state index in [9.17, 15) is 4.79 Å². The van der Waals surface area contributed by atoms with E-state index in [1.165, 1.54) is 10.4 Å². The van der Waals surface area contributed by atoms with Gasteiger partial charge in [-0.3, -0.25) is 4.79 Å². The van der Waals surface area contributed by atoms with Gasteiger partial charge in [-0.1, -0.05) is 12.1 Å². The summed E-state index contributed by atoms with van der Waals surface area (Å²) in [7, 11) is 1.66. The van der Waals surface area contributed by atoms with Gasteiger partial charge in [-0.2, -0.15) is 0 Å². The minimum absolute atomic E-state index is 0.0547. The first-order chi connectivity index (χ1) is 11.5. The van der Waals surface area contributed by atoms with E-state index < -0.39 is 5.41 Å². The van der Waals surface area contributed by atoms with Crippen LogP contribution in [0, 0.1) is 5.41 Å². The van der Waals surface area contributed by atoms with Crippen molar-refractivity contribution in [2.75, 3.05) is 19.5 Å². The van der Waals surface area contributed by atoms with Gasteiger partial charge in [-0.15, -0.1) is 22.9 Å². The van der Waals surface area contributed by atoms with Crippen LogP contribution in [0.3, 0.4) is 0 Å². The summed E-state index contributed by atoms with van der Waals surface area (Å²) in [6, 6.07) is 10.1. The maximum atomic E-state index is 13.1. The van der Waals surface area contributed by atoms with Crippen molar-refractivity contribution in [3.8, 4) is 5.75 Å². The highest BCUT2D eigenvalue weighted by atomic mass is 35.5. The summed E-state index contributed by atoms with van der Waals surface area (Å²) < 4.78 is 5.26. The molecule has 24 heavy (non-hydrogen) atoms. The van der Waals surface area contributed by atoms with Gasteiger partial charge in [0.15, 0.2) is 0 Å². The van der Waals surface area contributed by atoms with E-state index >= 15 is 0 Å². The van der Waals surface area contributed by atoms with Crippen molar-refractivity contribution in [1.29, 1.82) is 0 Å². The molecule has 0 spiro atoms. The lowest BCUT2D eigenvalue weighted by molar-refractivity contribution is -0.141. The number of rotatable bonds is 4. The van der Waals surface area contributed by atoms with E-state index in [1.54, 1.807) is 18.4 Å². The van der Waals surface area contributed by atoms with Gasteiger partial charge in [0, 0.05) is 17.3 Å². The van der Waals surface area contributed by atoms with E-state index in [2.05, 4.69) is 11.4 Å². The first-order valence-electron chi connectivity index (χ1n) is 8.05. The Labute approximate surface area is 152 Å². The Kier molecular flexibility index (Phi) is 4.88. The van der Waals surface area contributed by atoms with E-state index in [4.69, 9.17) is 16.3 Å². The summed E-state index contributed by atoms with van der Waals surface area (Å²) in [5.74, 6) is 1.24. The van der Waals surface area contributed by atoms with Crippen molar-refractivity contribution in [1.82, 2.24) is 4.90 Å². The van der Waals surface area contributed by atoms with Crippen molar-refractivity contribution in [3.63, 3.8) is 0 Å². The van der Waals surface area contributed by atoms with Gasteiger partial charge < -0.3 is 9.64 Å². The van der Waals surface area contributed by atoms with Crippen LogP contribution in [-0.2, 0) is 11.2 Å². The van der Waals surface area contributed by atoms with E-state index in [-0.39, 0.29) is 11.9 Å². The first kappa shape index (κ1) is 17.3. The Morgan fingerprint density at radius 1 is 1.33 bits per heavy atom. The molecule has 2 heterocycles. The summed E-state index contributed by atoms with van der Waals surface area (Å²) in [6.45, 7) is 4.55. The molecule has 0 aliphatic carbocycles. The maximum absolute atomic E-state index is 13.1. The number of hydrogen-bond acceptors (Lipinski definition) is 3. The summed E-state index contributed by atoms with van der Waals surface area (Å²) in [6.07, 6.45) is 0.907. The van der Waals surface area contributed by atoms with Crippen LogP contribution in [0.25, 0.3) is 0 Å². The van der Waals surface area contributed by atoms with Crippen LogP contribution in [0.1, 0.15) is 35.9 Å². The van der Waals surface area contributed by atoms with Gasteiger partial charge in [0.25, 0.3) is 0 Å². The van der Waals surface area contributed by atoms with Gasteiger partial charge in [0.1, 0.15) is 5.75 Å². The highest BCUT2D eigenvalue weighted by molar-refractivity contribution is 7.10. The van der Waals surface area contributed by atoms with Crippen LogP contribution in [0.2, 0.25) is 0 Å². The molecule has 3 rings (SSSR count). The van der Waals surface area contributed by atoms with Gasteiger partial charge in [-0.25, -0.2) is 0 Å². The Bertz CT molecular complexity index is 723. The first-order valence-corrected chi connectivity index (χ1v) is 9.46. The molecule has 5 heteroatoms. The Morgan fingerprint density at radius 3 is 2.67 bits per heavy atom. The van der Waals surface area contributed by atoms with Crippen molar-refractivity contribution >= 4 is 28.8 Å². The second kappa shape index (κ2) is 6.77. The molecule has 2 aromatic rings. The van der Waals surface area contributed by atoms with Crippen LogP contribution in [0.5, 0.6) is 5.75 Å². The third-order valence-electron chi connectivity index (χ3n) is 4.57. The van der Waals surface area contributed by atoms with Gasteiger partial charge in [-0.05, 0) is 55.0 Å². The molecule has 1 aliphatic rings. The van der Waals surface area contributed by atoms with Crippen molar-refractivity contribution in [2.24, 2.45) is 5.41 Å². The Morgan fingerprint density at radius 2 is 2.04 bits per heavy atom. The zero-order valence-corrected chi connectivity index (χ0v) is 15.8. The van der Waals surface area contributed by atoms with Crippen molar-refractivity contribution in [2.45, 2.75) is 26.3 Å². The predicted molar refractivity (Wildman–Crippen MR) is 99.1 cm³/mol. The fourth-order valence-corrected chi connectivity index (χ4v) is 4.14. The number of alkyl halides is 1. The number of fused-ring (bicyclic) bond motifs is 1. The normalized spacial score (nSPS) is 17.5. The van der Waals surface area contributed by atoms with Gasteiger partial charge >= 0.3 is 0 Å². The van der Waals surface area contributed by atoms with E-state index in [0.29, 0.717) is 5.88 Å². The molecule has 0 radical (unpaired) electrons. The van der Waals surface area contributed by atoms with Crippen LogP contribution in [-0.4, -0.2) is 30.3 Å². The summed E-state index contributed by atoms with van der Waals surface area (Å²) >= 11 is 7.83. The third kappa shape index (κ3) is 3.05. The summed E-state index contributed by atoms with van der Waals surface area (Å²) in [5, 5.41) is 2.11. The van der Waals surface area contributed by atoms with Crippen LogP contribution >= 0.6 is 22.9 Å². The average Bonchev–Trinajstić information content (AvgIpc) is 3.09. The highest BCUT2D eigenvalue weighted by Crippen LogP contribution is 2.40. The van der Waals surface area contributed by atoms with E-state index in [1.807, 2.05) is 43.0 Å². The van der Waals surface area contributed by atoms with Crippen LogP contribution in [0.4, 0.5) is 0 Å². The number of nitrogens with zero attached hydrogens (tertiary/aromatic N) is 1. The van der Waals surface area contributed by atoms with Gasteiger partial charge in [0.2, 0.25) is 5.91 Å². The molecule has 1 aromatic carbocycles. The monoisotopic (exact) mass is 363 g/mol. The second-order valence-electron chi connectivity index (χ2n) is 6.74. The lowest BCUT2D eigenvalue weighted by Crippen LogP contribution is -2.47. The molecule has 1 amide bonds. The smallest absolute Gasteiger partial charge is 0.230 e. The van der Waals surface area contributed by atoms with Crippen molar-refractivity contribution < 1.29 is 9.53 Å². The number of carbonyl (C=O) groups excluding carboxylic acids is 1. The molecular weight excluding hydrogens is 342 g/mol. The van der Waals surface area contributed by atoms with Crippen LogP contribution < -0.4 is 4.74 Å². The molecule has 128 valence electrons. The number of halogens is 1. The molecule has 0 fully saturated rings. The molecule has 0 saturated carbocycles. The largest absolute Gasteiger partial charge is 0.497 e. The summed E-state index contributed by atoms with van der Waals surface area (Å²) in [5.41, 5.74) is 1.77. The minimum Gasteiger partial charge on any atom is -0.497 e. The fourth-order valence-electron chi connectivity index (χ4n) is 3.13. The van der Waals surface area contributed by atoms with Crippen molar-refractivity contribution in [3.05, 3.63) is 51.7 Å². The molecule has 1 aliphatic heterocycles. The number of benzene rings is 1. The number of ether oxygens (including phenoxy) is 1. The zero-order valence-electron chi connectivity index (χ0n) is 14.2. The molecule has 1 atom stereocenters. The molecule has 1 unspecified atom stereocenters. The second-order valence-corrected chi connectivity index (χ2v) is 8.01. The Balaban J connectivity index is 2.03. The molecule has 3 nitrogen and oxygen atoms in total. The number of carbonyl (C=O) groups is 1. The topological polar surface area (TPSA) is 29.5 Å². The molecule has 0 N–H and O–H groups in total. The molecular formula is C19H22ClNO2S. The minimum atomic E-state index is -0.570. The average molecular weight is 364 g/mol. The SMILES string of the molecule is COc1ccc(C2c3ccsc3CCN2C(=O)C(C)(C)CCl)cc1. The third-order valence-corrected chi connectivity index (χ3v) is 6.24. The molecule has 1 aromatic heterocycles. The number of amides is 1. The predicted octanol–water partition coefficient (Wildman–Crippen LogP) is 4.50. The number of thiophene rings is 1. The lowest BCUT2D eigenvalue weighted by Gasteiger charge is -2.40. The highest BCUT2D eigenvalue weighted by Gasteiger charge is 2.39. The van der Waals surface area contributed by atoms with Gasteiger partial charge in [0.05, 0.1) is 18.6 Å². The zero-order chi connectivity index (χ0) is 17.3. The summed E-state index contributed by atoms with van der Waals surface area (Å²) in [4.78, 5) is 16.5. The molecule has 0 bridgehead atoms. The van der Waals surface area contributed by atoms with E-state index in [0.717, 1.165) is 24.3 Å². The number of methoxy groups -OCH3 is 1. The number of hydrogen-bond donors (Lipinski definition) is 0. The fraction of sp³-hybridized carbons (Fsp3) is 0.421. The maximum Gasteiger partial charge on any atom is 0.230 e. The standard InChI is InChI=1S/C19H22ClNO2S/c1-19(2,12-20)18(22)21-10-8-16-15(9-11-24-16)17(21)13-4-6-14(23-3)7-5-13/h4-7,9,11,17H,8,10,12H2,1-3H3.